The summed E-state index contributed by atoms with van der Waals surface area (Å²) in [6, 6.07) is 11.2. The highest BCUT2D eigenvalue weighted by molar-refractivity contribution is 5.92. The summed E-state index contributed by atoms with van der Waals surface area (Å²) in [6.45, 7) is 5.69. The lowest BCUT2D eigenvalue weighted by atomic mass is 10.2. The average molecular weight is 353 g/mol. The SMILES string of the molecule is CCn1ncc(CN(C)C(=O)c2cc(COc3ccccc3)[nH]n2)c1C. The lowest BCUT2D eigenvalue weighted by molar-refractivity contribution is 0.0779. The fourth-order valence-corrected chi connectivity index (χ4v) is 2.71. The Labute approximate surface area is 152 Å². The smallest absolute Gasteiger partial charge is 0.274 e. The van der Waals surface area contributed by atoms with E-state index in [1.54, 1.807) is 18.0 Å². The van der Waals surface area contributed by atoms with E-state index in [1.165, 1.54) is 0 Å². The van der Waals surface area contributed by atoms with Crippen molar-refractivity contribution in [2.45, 2.75) is 33.5 Å². The molecule has 0 unspecified atom stereocenters. The number of hydrogen-bond donors (Lipinski definition) is 1. The van der Waals surface area contributed by atoms with E-state index in [9.17, 15) is 4.79 Å². The zero-order chi connectivity index (χ0) is 18.5. The second-order valence-corrected chi connectivity index (χ2v) is 6.11. The molecule has 0 aliphatic rings. The minimum atomic E-state index is -0.143. The van der Waals surface area contributed by atoms with E-state index in [0.29, 0.717) is 18.8 Å². The van der Waals surface area contributed by atoms with Crippen LogP contribution in [0.5, 0.6) is 5.75 Å². The number of para-hydroxylation sites is 1. The Hall–Kier alpha value is -3.09. The van der Waals surface area contributed by atoms with E-state index in [4.69, 9.17) is 4.74 Å². The zero-order valence-corrected chi connectivity index (χ0v) is 15.3. The summed E-state index contributed by atoms with van der Waals surface area (Å²) < 4.78 is 7.58. The molecule has 0 saturated carbocycles. The fourth-order valence-electron chi connectivity index (χ4n) is 2.71. The molecule has 0 aliphatic heterocycles. The number of H-pyrrole nitrogens is 1. The lowest BCUT2D eigenvalue weighted by Crippen LogP contribution is -2.26. The van der Waals surface area contributed by atoms with Crippen molar-refractivity contribution in [3.8, 4) is 5.75 Å². The summed E-state index contributed by atoms with van der Waals surface area (Å²) in [5.74, 6) is 0.631. The van der Waals surface area contributed by atoms with Crippen LogP contribution in [0.4, 0.5) is 0 Å². The van der Waals surface area contributed by atoms with Crippen LogP contribution >= 0.6 is 0 Å². The topological polar surface area (TPSA) is 76.0 Å². The number of aromatic amines is 1. The highest BCUT2D eigenvalue weighted by atomic mass is 16.5. The predicted molar refractivity (Wildman–Crippen MR) is 97.8 cm³/mol. The molecule has 1 N–H and O–H groups in total. The first-order chi connectivity index (χ1) is 12.6. The monoisotopic (exact) mass is 353 g/mol. The summed E-state index contributed by atoms with van der Waals surface area (Å²) in [5.41, 5.74) is 3.23. The highest BCUT2D eigenvalue weighted by Crippen LogP contribution is 2.14. The normalized spacial score (nSPS) is 10.7. The molecule has 1 amide bonds. The van der Waals surface area contributed by atoms with Gasteiger partial charge in [-0.2, -0.15) is 10.2 Å². The van der Waals surface area contributed by atoms with Crippen molar-refractivity contribution >= 4 is 5.91 Å². The number of carbonyl (C=O) groups excluding carboxylic acids is 1. The van der Waals surface area contributed by atoms with Crippen LogP contribution in [0.2, 0.25) is 0 Å². The summed E-state index contributed by atoms with van der Waals surface area (Å²) >= 11 is 0. The average Bonchev–Trinajstić information content (AvgIpc) is 3.27. The first-order valence-electron chi connectivity index (χ1n) is 8.57. The Morgan fingerprint density at radius 2 is 2.08 bits per heavy atom. The molecule has 0 atom stereocenters. The second-order valence-electron chi connectivity index (χ2n) is 6.11. The molecule has 0 aliphatic carbocycles. The fraction of sp³-hybridized carbons (Fsp3) is 0.316. The number of benzene rings is 1. The van der Waals surface area contributed by atoms with Gasteiger partial charge in [0.25, 0.3) is 5.91 Å². The Morgan fingerprint density at radius 3 is 2.77 bits per heavy atom. The molecule has 3 rings (SSSR count). The molecule has 2 aromatic heterocycles. The highest BCUT2D eigenvalue weighted by Gasteiger charge is 2.17. The summed E-state index contributed by atoms with van der Waals surface area (Å²) in [7, 11) is 1.76. The largest absolute Gasteiger partial charge is 0.487 e. The number of hydrogen-bond acceptors (Lipinski definition) is 4. The molecule has 0 radical (unpaired) electrons. The standard InChI is InChI=1S/C19H23N5O2/c1-4-24-14(2)15(11-20-24)12-23(3)19(25)18-10-16(21-22-18)13-26-17-8-6-5-7-9-17/h5-11H,4,12-13H2,1-3H3,(H,21,22). The van der Waals surface area contributed by atoms with E-state index >= 15 is 0 Å². The third kappa shape index (κ3) is 3.93. The number of aryl methyl sites for hydroxylation is 1. The van der Waals surface area contributed by atoms with Crippen LogP contribution < -0.4 is 4.74 Å². The summed E-state index contributed by atoms with van der Waals surface area (Å²) in [6.07, 6.45) is 1.81. The molecular weight excluding hydrogens is 330 g/mol. The molecule has 0 saturated heterocycles. The maximum atomic E-state index is 12.6. The molecule has 7 nitrogen and oxygen atoms in total. The van der Waals surface area contributed by atoms with E-state index in [-0.39, 0.29) is 5.91 Å². The number of nitrogens with one attached hydrogen (secondary N) is 1. The maximum absolute atomic E-state index is 12.6. The summed E-state index contributed by atoms with van der Waals surface area (Å²) in [4.78, 5) is 14.2. The van der Waals surface area contributed by atoms with Crippen LogP contribution in [0.15, 0.2) is 42.6 Å². The quantitative estimate of drug-likeness (QED) is 0.709. The number of amides is 1. The third-order valence-electron chi connectivity index (χ3n) is 4.25. The van der Waals surface area contributed by atoms with Crippen molar-refractivity contribution in [1.29, 1.82) is 0 Å². The maximum Gasteiger partial charge on any atom is 0.274 e. The van der Waals surface area contributed by atoms with Crippen LogP contribution in [0.25, 0.3) is 0 Å². The van der Waals surface area contributed by atoms with Crippen molar-refractivity contribution in [3.63, 3.8) is 0 Å². The molecule has 136 valence electrons. The Bertz CT molecular complexity index is 869. The first-order valence-corrected chi connectivity index (χ1v) is 8.57. The summed E-state index contributed by atoms with van der Waals surface area (Å²) in [5, 5.41) is 11.3. The molecule has 0 fully saturated rings. The van der Waals surface area contributed by atoms with Gasteiger partial charge in [0.1, 0.15) is 12.4 Å². The van der Waals surface area contributed by atoms with Crippen LogP contribution in [0.3, 0.4) is 0 Å². The van der Waals surface area contributed by atoms with Crippen LogP contribution in [-0.4, -0.2) is 37.8 Å². The molecule has 0 bridgehead atoms. The van der Waals surface area contributed by atoms with Crippen LogP contribution in [0, 0.1) is 6.92 Å². The molecule has 3 aromatic rings. The number of ether oxygens (including phenoxy) is 1. The predicted octanol–water partition coefficient (Wildman–Crippen LogP) is 2.79. The zero-order valence-electron chi connectivity index (χ0n) is 15.3. The molecule has 7 heteroatoms. The van der Waals surface area contributed by atoms with Crippen molar-refractivity contribution < 1.29 is 9.53 Å². The van der Waals surface area contributed by atoms with E-state index in [1.807, 2.05) is 55.1 Å². The van der Waals surface area contributed by atoms with Crippen molar-refractivity contribution in [3.05, 3.63) is 65.2 Å². The van der Waals surface area contributed by atoms with Gasteiger partial charge in [0, 0.05) is 31.4 Å². The van der Waals surface area contributed by atoms with Gasteiger partial charge in [0.05, 0.1) is 11.9 Å². The van der Waals surface area contributed by atoms with Gasteiger partial charge in [-0.3, -0.25) is 14.6 Å². The second kappa shape index (κ2) is 7.86. The molecular formula is C19H23N5O2. The molecule has 2 heterocycles. The number of rotatable bonds is 7. The number of aromatic nitrogens is 4. The van der Waals surface area contributed by atoms with Gasteiger partial charge in [-0.05, 0) is 32.0 Å². The first kappa shape index (κ1) is 17.7. The van der Waals surface area contributed by atoms with Crippen LogP contribution in [0.1, 0.15) is 34.4 Å². The Balaban J connectivity index is 1.60. The van der Waals surface area contributed by atoms with Crippen molar-refractivity contribution in [1.82, 2.24) is 24.9 Å². The Kier molecular flexibility index (Phi) is 5.36. The van der Waals surface area contributed by atoms with Crippen LogP contribution in [-0.2, 0) is 19.7 Å². The lowest BCUT2D eigenvalue weighted by Gasteiger charge is -2.15. The van der Waals surface area contributed by atoms with Gasteiger partial charge in [-0.15, -0.1) is 0 Å². The third-order valence-corrected chi connectivity index (χ3v) is 4.25. The molecule has 0 spiro atoms. The minimum Gasteiger partial charge on any atom is -0.487 e. The number of nitrogens with zero attached hydrogens (tertiary/aromatic N) is 4. The van der Waals surface area contributed by atoms with Gasteiger partial charge in [-0.1, -0.05) is 18.2 Å². The van der Waals surface area contributed by atoms with Gasteiger partial charge >= 0.3 is 0 Å². The molecule has 1 aromatic carbocycles. The van der Waals surface area contributed by atoms with E-state index in [0.717, 1.165) is 29.2 Å². The molecule has 26 heavy (non-hydrogen) atoms. The van der Waals surface area contributed by atoms with Gasteiger partial charge in [0.2, 0.25) is 0 Å². The minimum absolute atomic E-state index is 0.143. The van der Waals surface area contributed by atoms with Gasteiger partial charge in [0.15, 0.2) is 5.69 Å². The van der Waals surface area contributed by atoms with Gasteiger partial charge < -0.3 is 9.64 Å². The van der Waals surface area contributed by atoms with E-state index < -0.39 is 0 Å². The Morgan fingerprint density at radius 1 is 1.31 bits per heavy atom. The number of carbonyl (C=O) groups is 1. The van der Waals surface area contributed by atoms with E-state index in [2.05, 4.69) is 15.3 Å². The van der Waals surface area contributed by atoms with Gasteiger partial charge in [-0.25, -0.2) is 0 Å². The van der Waals surface area contributed by atoms with Crippen molar-refractivity contribution in [2.24, 2.45) is 0 Å². The van der Waals surface area contributed by atoms with Crippen molar-refractivity contribution in [2.75, 3.05) is 7.05 Å².